The first-order valence-corrected chi connectivity index (χ1v) is 5.02. The summed E-state index contributed by atoms with van der Waals surface area (Å²) in [6.45, 7) is 0.900. The fraction of sp³-hybridized carbons (Fsp3) is 0.429. The predicted molar refractivity (Wildman–Crippen MR) is 53.3 cm³/mol. The summed E-state index contributed by atoms with van der Waals surface area (Å²) in [6, 6.07) is 1.72. The molecule has 4 nitrogen and oxygen atoms in total. The molecular weight excluding hydrogens is 172 g/mol. The van der Waals surface area contributed by atoms with Gasteiger partial charge in [0, 0.05) is 18.4 Å². The van der Waals surface area contributed by atoms with Crippen molar-refractivity contribution in [1.29, 1.82) is 0 Å². The molecule has 5 heteroatoms. The Morgan fingerprint density at radius 3 is 3.08 bits per heavy atom. The zero-order chi connectivity index (χ0) is 8.81. The van der Waals surface area contributed by atoms with Gasteiger partial charge in [0.25, 0.3) is 0 Å². The molecule has 0 radical (unpaired) electrons. The highest BCUT2D eigenvalue weighted by Crippen LogP contribution is 2.04. The van der Waals surface area contributed by atoms with Gasteiger partial charge in [0.05, 0.1) is 0 Å². The number of thioether (sulfide) groups is 1. The summed E-state index contributed by atoms with van der Waals surface area (Å²) in [4.78, 5) is 7.79. The Morgan fingerprint density at radius 1 is 1.58 bits per heavy atom. The first-order chi connectivity index (χ1) is 5.83. The van der Waals surface area contributed by atoms with Crippen molar-refractivity contribution in [3.63, 3.8) is 0 Å². The number of nitrogen functional groups attached to an aromatic ring is 1. The second-order valence-electron chi connectivity index (χ2n) is 2.25. The Kier molecular flexibility index (Phi) is 3.66. The molecular formula is C7H12N4S. The summed E-state index contributed by atoms with van der Waals surface area (Å²) in [5.41, 5.74) is 5.47. The maximum absolute atomic E-state index is 5.47. The van der Waals surface area contributed by atoms with Gasteiger partial charge in [-0.2, -0.15) is 11.8 Å². The minimum absolute atomic E-state index is 0.497. The van der Waals surface area contributed by atoms with Crippen LogP contribution in [0.3, 0.4) is 0 Å². The van der Waals surface area contributed by atoms with Crippen LogP contribution in [0.4, 0.5) is 11.6 Å². The van der Waals surface area contributed by atoms with Crippen molar-refractivity contribution in [1.82, 2.24) is 9.97 Å². The Bertz CT molecular complexity index is 241. The largest absolute Gasteiger partial charge is 0.384 e. The zero-order valence-corrected chi connectivity index (χ0v) is 7.77. The van der Waals surface area contributed by atoms with Crippen LogP contribution in [0.2, 0.25) is 0 Å². The molecule has 0 aliphatic carbocycles. The number of aromatic nitrogens is 2. The lowest BCUT2D eigenvalue weighted by Gasteiger charge is -2.03. The van der Waals surface area contributed by atoms with E-state index in [0.717, 1.165) is 18.1 Å². The van der Waals surface area contributed by atoms with Crippen LogP contribution in [0.5, 0.6) is 0 Å². The Balaban J connectivity index is 2.41. The molecule has 0 atom stereocenters. The van der Waals surface area contributed by atoms with Crippen LogP contribution in [-0.4, -0.2) is 28.5 Å². The second kappa shape index (κ2) is 4.82. The van der Waals surface area contributed by atoms with Crippen molar-refractivity contribution < 1.29 is 0 Å². The summed E-state index contributed by atoms with van der Waals surface area (Å²) in [5.74, 6) is 2.34. The van der Waals surface area contributed by atoms with Crippen molar-refractivity contribution >= 4 is 23.4 Å². The minimum atomic E-state index is 0.497. The van der Waals surface area contributed by atoms with E-state index in [-0.39, 0.29) is 0 Å². The zero-order valence-electron chi connectivity index (χ0n) is 6.95. The van der Waals surface area contributed by atoms with Gasteiger partial charge >= 0.3 is 0 Å². The van der Waals surface area contributed by atoms with Gasteiger partial charge in [-0.05, 0) is 6.26 Å². The van der Waals surface area contributed by atoms with E-state index < -0.39 is 0 Å². The summed E-state index contributed by atoms with van der Waals surface area (Å²) in [5, 5.41) is 3.13. The van der Waals surface area contributed by atoms with Gasteiger partial charge in [0.2, 0.25) is 0 Å². The van der Waals surface area contributed by atoms with Gasteiger partial charge in [0.15, 0.2) is 0 Å². The van der Waals surface area contributed by atoms with Crippen LogP contribution in [0.15, 0.2) is 12.4 Å². The highest BCUT2D eigenvalue weighted by Gasteiger charge is 1.92. The predicted octanol–water partition coefficient (Wildman–Crippen LogP) is 0.834. The van der Waals surface area contributed by atoms with Crippen molar-refractivity contribution in [2.75, 3.05) is 29.6 Å². The third kappa shape index (κ3) is 2.96. The van der Waals surface area contributed by atoms with Crippen LogP contribution in [0.25, 0.3) is 0 Å². The molecule has 1 heterocycles. The molecule has 0 aliphatic heterocycles. The molecule has 12 heavy (non-hydrogen) atoms. The number of nitrogens with zero attached hydrogens (tertiary/aromatic N) is 2. The van der Waals surface area contributed by atoms with Crippen LogP contribution in [0, 0.1) is 0 Å². The fourth-order valence-corrected chi connectivity index (χ4v) is 1.06. The van der Waals surface area contributed by atoms with Crippen LogP contribution < -0.4 is 11.1 Å². The Hall–Kier alpha value is -0.970. The average molecular weight is 184 g/mol. The SMILES string of the molecule is CSCCNc1cc(N)ncn1. The maximum Gasteiger partial charge on any atom is 0.131 e. The molecule has 66 valence electrons. The molecule has 3 N–H and O–H groups in total. The standard InChI is InChI=1S/C7H12N4S/c1-12-3-2-9-7-4-6(8)10-5-11-7/h4-5H,2-3H2,1H3,(H3,8,9,10,11). The van der Waals surface area contributed by atoms with Crippen molar-refractivity contribution in [3.8, 4) is 0 Å². The third-order valence-corrected chi connectivity index (χ3v) is 1.91. The molecule has 0 aliphatic rings. The van der Waals surface area contributed by atoms with Gasteiger partial charge in [0.1, 0.15) is 18.0 Å². The van der Waals surface area contributed by atoms with Gasteiger partial charge in [-0.15, -0.1) is 0 Å². The molecule has 0 fully saturated rings. The number of hydrogen-bond acceptors (Lipinski definition) is 5. The van der Waals surface area contributed by atoms with Crippen LogP contribution >= 0.6 is 11.8 Å². The minimum Gasteiger partial charge on any atom is -0.384 e. The average Bonchev–Trinajstić information content (AvgIpc) is 2.05. The van der Waals surface area contributed by atoms with Crippen molar-refractivity contribution in [3.05, 3.63) is 12.4 Å². The van der Waals surface area contributed by atoms with E-state index in [9.17, 15) is 0 Å². The normalized spacial score (nSPS) is 9.75. The maximum atomic E-state index is 5.47. The molecule has 1 aromatic rings. The lowest BCUT2D eigenvalue weighted by Crippen LogP contribution is -2.06. The van der Waals surface area contributed by atoms with Crippen molar-refractivity contribution in [2.24, 2.45) is 0 Å². The van der Waals surface area contributed by atoms with E-state index in [1.807, 2.05) is 0 Å². The van der Waals surface area contributed by atoms with Gasteiger partial charge in [-0.3, -0.25) is 0 Å². The lowest BCUT2D eigenvalue weighted by atomic mass is 10.5. The Morgan fingerprint density at radius 2 is 2.42 bits per heavy atom. The van der Waals surface area contributed by atoms with E-state index in [1.54, 1.807) is 17.8 Å². The summed E-state index contributed by atoms with van der Waals surface area (Å²) in [7, 11) is 0. The molecule has 0 saturated carbocycles. The number of nitrogens with one attached hydrogen (secondary N) is 1. The Labute approximate surface area is 76.0 Å². The number of nitrogens with two attached hydrogens (primary N) is 1. The topological polar surface area (TPSA) is 63.8 Å². The second-order valence-corrected chi connectivity index (χ2v) is 3.23. The highest BCUT2D eigenvalue weighted by molar-refractivity contribution is 7.98. The molecule has 0 amide bonds. The first kappa shape index (κ1) is 9.12. The molecule has 0 aromatic carbocycles. The third-order valence-electron chi connectivity index (χ3n) is 1.30. The van der Waals surface area contributed by atoms with E-state index in [0.29, 0.717) is 5.82 Å². The molecule has 0 unspecified atom stereocenters. The van der Waals surface area contributed by atoms with Gasteiger partial charge in [-0.1, -0.05) is 0 Å². The van der Waals surface area contributed by atoms with E-state index >= 15 is 0 Å². The number of rotatable bonds is 4. The monoisotopic (exact) mass is 184 g/mol. The highest BCUT2D eigenvalue weighted by atomic mass is 32.2. The van der Waals surface area contributed by atoms with E-state index in [4.69, 9.17) is 5.73 Å². The number of anilines is 2. The number of hydrogen-bond donors (Lipinski definition) is 2. The van der Waals surface area contributed by atoms with E-state index in [1.165, 1.54) is 6.33 Å². The molecule has 0 saturated heterocycles. The fourth-order valence-electron chi connectivity index (χ4n) is 0.750. The summed E-state index contributed by atoms with van der Waals surface area (Å²) < 4.78 is 0. The summed E-state index contributed by atoms with van der Waals surface area (Å²) >= 11 is 1.79. The molecule has 0 bridgehead atoms. The smallest absolute Gasteiger partial charge is 0.131 e. The molecule has 0 spiro atoms. The van der Waals surface area contributed by atoms with Crippen LogP contribution in [-0.2, 0) is 0 Å². The first-order valence-electron chi connectivity index (χ1n) is 3.63. The quantitative estimate of drug-likeness (QED) is 0.679. The molecule has 1 aromatic heterocycles. The lowest BCUT2D eigenvalue weighted by molar-refractivity contribution is 1.12. The van der Waals surface area contributed by atoms with Gasteiger partial charge in [-0.25, -0.2) is 9.97 Å². The molecule has 1 rings (SSSR count). The van der Waals surface area contributed by atoms with Crippen LogP contribution in [0.1, 0.15) is 0 Å². The summed E-state index contributed by atoms with van der Waals surface area (Å²) in [6.07, 6.45) is 3.52. The van der Waals surface area contributed by atoms with Crippen molar-refractivity contribution in [2.45, 2.75) is 0 Å². The van der Waals surface area contributed by atoms with E-state index in [2.05, 4.69) is 21.5 Å². The van der Waals surface area contributed by atoms with Gasteiger partial charge < -0.3 is 11.1 Å².